The lowest BCUT2D eigenvalue weighted by Crippen LogP contribution is -2.48. The Morgan fingerprint density at radius 2 is 1.55 bits per heavy atom. The van der Waals surface area contributed by atoms with Gasteiger partial charge in [-0.05, 0) is 80.5 Å². The molecule has 0 heterocycles. The van der Waals surface area contributed by atoms with Gasteiger partial charge in [0.1, 0.15) is 5.75 Å². The molecule has 0 atom stereocenters. The number of hydrogen-bond donors (Lipinski definition) is 1. The summed E-state index contributed by atoms with van der Waals surface area (Å²) in [5.74, 6) is 2.73. The summed E-state index contributed by atoms with van der Waals surface area (Å²) in [5.41, 5.74) is 0.720. The van der Waals surface area contributed by atoms with Gasteiger partial charge >= 0.3 is 5.97 Å². The van der Waals surface area contributed by atoms with Crippen LogP contribution in [-0.4, -0.2) is 17.7 Å². The van der Waals surface area contributed by atoms with Crippen LogP contribution in [0.15, 0.2) is 24.3 Å². The molecule has 4 bridgehead atoms. The van der Waals surface area contributed by atoms with E-state index >= 15 is 0 Å². The van der Waals surface area contributed by atoms with Gasteiger partial charge in [0.15, 0.2) is 0 Å². The third-order valence-electron chi connectivity index (χ3n) is 5.81. The molecule has 1 N–H and O–H groups in total. The summed E-state index contributed by atoms with van der Waals surface area (Å²) in [4.78, 5) is 10.9. The molecule has 0 saturated heterocycles. The van der Waals surface area contributed by atoms with Crippen LogP contribution in [0.4, 0.5) is 0 Å². The Kier molecular flexibility index (Phi) is 4.11. The number of carboxylic acids is 1. The first-order valence-electron chi connectivity index (χ1n) is 8.08. The normalized spacial score (nSPS) is 35.0. The van der Waals surface area contributed by atoms with Crippen LogP contribution < -0.4 is 4.74 Å². The minimum absolute atomic E-state index is 0. The van der Waals surface area contributed by atoms with Crippen molar-refractivity contribution >= 4 is 18.4 Å². The first-order valence-corrected chi connectivity index (χ1v) is 8.08. The van der Waals surface area contributed by atoms with Crippen LogP contribution in [0, 0.1) is 23.2 Å². The third kappa shape index (κ3) is 2.83. The van der Waals surface area contributed by atoms with E-state index in [1.807, 2.05) is 0 Å². The number of benzene rings is 1. The predicted molar refractivity (Wildman–Crippen MR) is 86.7 cm³/mol. The first kappa shape index (κ1) is 15.7. The predicted octanol–water partition coefficient (Wildman–Crippen LogP) is 4.40. The van der Waals surface area contributed by atoms with Crippen molar-refractivity contribution in [1.82, 2.24) is 0 Å². The maximum Gasteiger partial charge on any atom is 0.335 e. The molecule has 4 aliphatic rings. The van der Waals surface area contributed by atoms with Crippen LogP contribution in [0.25, 0.3) is 0 Å². The highest BCUT2D eigenvalue weighted by Gasteiger charge is 2.51. The molecule has 5 rings (SSSR count). The van der Waals surface area contributed by atoms with Crippen LogP contribution in [0.1, 0.15) is 48.9 Å². The molecular formula is C18H23ClO3. The lowest BCUT2D eigenvalue weighted by molar-refractivity contribution is -0.0745. The molecule has 120 valence electrons. The monoisotopic (exact) mass is 322 g/mol. The topological polar surface area (TPSA) is 46.5 Å². The van der Waals surface area contributed by atoms with Crippen molar-refractivity contribution in [3.05, 3.63) is 29.8 Å². The number of carboxylic acid groups (broad SMARTS) is 1. The van der Waals surface area contributed by atoms with Crippen LogP contribution in [0.3, 0.4) is 0 Å². The van der Waals surface area contributed by atoms with Crippen molar-refractivity contribution in [3.63, 3.8) is 0 Å². The smallest absolute Gasteiger partial charge is 0.335 e. The van der Waals surface area contributed by atoms with Crippen LogP contribution in [0.5, 0.6) is 5.75 Å². The van der Waals surface area contributed by atoms with Gasteiger partial charge in [0.05, 0.1) is 12.2 Å². The Bertz CT molecular complexity index is 517. The van der Waals surface area contributed by atoms with Gasteiger partial charge in [-0.15, -0.1) is 12.4 Å². The highest BCUT2D eigenvalue weighted by atomic mass is 35.5. The SMILES string of the molecule is Cl.O=C(O)c1ccc(OCC23CC4CC(CC(C4)C2)C3)cc1. The lowest BCUT2D eigenvalue weighted by atomic mass is 9.50. The van der Waals surface area contributed by atoms with Gasteiger partial charge in [0, 0.05) is 5.41 Å². The average molecular weight is 323 g/mol. The van der Waals surface area contributed by atoms with E-state index in [0.717, 1.165) is 30.1 Å². The molecule has 0 aliphatic heterocycles. The second-order valence-electron chi connectivity index (χ2n) is 7.54. The van der Waals surface area contributed by atoms with Crippen molar-refractivity contribution in [2.24, 2.45) is 23.2 Å². The van der Waals surface area contributed by atoms with E-state index in [-0.39, 0.29) is 12.4 Å². The number of aromatic carboxylic acids is 1. The molecule has 0 amide bonds. The molecule has 4 aliphatic carbocycles. The molecule has 0 spiro atoms. The second kappa shape index (κ2) is 5.77. The maximum atomic E-state index is 10.9. The molecule has 1 aromatic carbocycles. The molecule has 4 saturated carbocycles. The third-order valence-corrected chi connectivity index (χ3v) is 5.81. The van der Waals surface area contributed by atoms with Crippen molar-refractivity contribution in [2.75, 3.05) is 6.61 Å². The van der Waals surface area contributed by atoms with Crippen LogP contribution in [-0.2, 0) is 0 Å². The quantitative estimate of drug-likeness (QED) is 0.893. The summed E-state index contributed by atoms with van der Waals surface area (Å²) in [6.45, 7) is 0.808. The summed E-state index contributed by atoms with van der Waals surface area (Å²) in [6, 6.07) is 6.81. The van der Waals surface area contributed by atoms with Crippen molar-refractivity contribution < 1.29 is 14.6 Å². The fourth-order valence-corrected chi connectivity index (χ4v) is 5.40. The summed E-state index contributed by atoms with van der Waals surface area (Å²) < 4.78 is 6.03. The lowest BCUT2D eigenvalue weighted by Gasteiger charge is -2.56. The molecule has 22 heavy (non-hydrogen) atoms. The maximum absolute atomic E-state index is 10.9. The fourth-order valence-electron chi connectivity index (χ4n) is 5.40. The van der Waals surface area contributed by atoms with Gasteiger partial charge in [-0.2, -0.15) is 0 Å². The van der Waals surface area contributed by atoms with Crippen molar-refractivity contribution in [1.29, 1.82) is 0 Å². The highest BCUT2D eigenvalue weighted by Crippen LogP contribution is 2.59. The van der Waals surface area contributed by atoms with Gasteiger partial charge in [0.25, 0.3) is 0 Å². The number of ether oxygens (including phenoxy) is 1. The molecule has 0 radical (unpaired) electrons. The number of carbonyl (C=O) groups is 1. The molecule has 4 fully saturated rings. The molecular weight excluding hydrogens is 300 g/mol. The van der Waals surface area contributed by atoms with Crippen molar-refractivity contribution in [2.45, 2.75) is 38.5 Å². The zero-order chi connectivity index (χ0) is 14.4. The van der Waals surface area contributed by atoms with E-state index < -0.39 is 5.97 Å². The largest absolute Gasteiger partial charge is 0.493 e. The number of hydrogen-bond acceptors (Lipinski definition) is 2. The van der Waals surface area contributed by atoms with Crippen LogP contribution in [0.2, 0.25) is 0 Å². The zero-order valence-electron chi connectivity index (χ0n) is 12.7. The molecule has 0 unspecified atom stereocenters. The summed E-state index contributed by atoms with van der Waals surface area (Å²) in [6.07, 6.45) is 8.37. The van der Waals surface area contributed by atoms with E-state index in [4.69, 9.17) is 9.84 Å². The number of rotatable bonds is 4. The summed E-state index contributed by atoms with van der Waals surface area (Å²) in [7, 11) is 0. The van der Waals surface area contributed by atoms with Gasteiger partial charge < -0.3 is 9.84 Å². The summed E-state index contributed by atoms with van der Waals surface area (Å²) >= 11 is 0. The van der Waals surface area contributed by atoms with Gasteiger partial charge in [-0.25, -0.2) is 4.79 Å². The highest BCUT2D eigenvalue weighted by molar-refractivity contribution is 5.87. The van der Waals surface area contributed by atoms with E-state index in [0.29, 0.717) is 11.0 Å². The Labute approximate surface area is 137 Å². The molecule has 3 nitrogen and oxygen atoms in total. The Morgan fingerprint density at radius 3 is 2.00 bits per heavy atom. The van der Waals surface area contributed by atoms with E-state index in [1.165, 1.54) is 38.5 Å². The molecule has 4 heteroatoms. The minimum Gasteiger partial charge on any atom is -0.493 e. The average Bonchev–Trinajstić information content (AvgIpc) is 2.44. The minimum atomic E-state index is -0.886. The Hall–Kier alpha value is -1.22. The Morgan fingerprint density at radius 1 is 1.05 bits per heavy atom. The summed E-state index contributed by atoms with van der Waals surface area (Å²) in [5, 5.41) is 8.92. The van der Waals surface area contributed by atoms with E-state index in [9.17, 15) is 4.79 Å². The van der Waals surface area contributed by atoms with Gasteiger partial charge in [0.2, 0.25) is 0 Å². The number of halogens is 1. The van der Waals surface area contributed by atoms with E-state index in [2.05, 4.69) is 0 Å². The Balaban J connectivity index is 0.00000144. The first-order chi connectivity index (χ1) is 10.1. The van der Waals surface area contributed by atoms with Crippen molar-refractivity contribution in [3.8, 4) is 5.75 Å². The second-order valence-corrected chi connectivity index (χ2v) is 7.54. The van der Waals surface area contributed by atoms with Crippen LogP contribution >= 0.6 is 12.4 Å². The van der Waals surface area contributed by atoms with Gasteiger partial charge in [-0.1, -0.05) is 0 Å². The van der Waals surface area contributed by atoms with E-state index in [1.54, 1.807) is 24.3 Å². The zero-order valence-corrected chi connectivity index (χ0v) is 13.5. The molecule has 1 aromatic rings. The molecule has 0 aromatic heterocycles. The van der Waals surface area contributed by atoms with Gasteiger partial charge in [-0.3, -0.25) is 0 Å². The standard InChI is InChI=1S/C18H22O3.ClH/c19-17(20)15-1-3-16(4-2-15)21-11-18-8-12-5-13(9-18)7-14(6-12)10-18;/h1-4,12-14H,5-11H2,(H,19,20);1H. The fraction of sp³-hybridized carbons (Fsp3) is 0.611.